The molecule has 146 valence electrons. The second-order valence-corrected chi connectivity index (χ2v) is 7.90. The first-order valence-electron chi connectivity index (χ1n) is 9.61. The molecule has 5 aromatic rings. The van der Waals surface area contributed by atoms with Crippen LogP contribution in [0, 0.1) is 6.92 Å². The van der Waals surface area contributed by atoms with Gasteiger partial charge in [-0.3, -0.25) is 0 Å². The predicted molar refractivity (Wildman–Crippen MR) is 119 cm³/mol. The van der Waals surface area contributed by atoms with Gasteiger partial charge in [-0.1, -0.05) is 89.2 Å². The molecule has 2 heterocycles. The van der Waals surface area contributed by atoms with Gasteiger partial charge in [0.2, 0.25) is 0 Å². The van der Waals surface area contributed by atoms with Gasteiger partial charge in [0.05, 0.1) is 5.75 Å². The average Bonchev–Trinajstić information content (AvgIpc) is 3.27. The molecule has 0 aliphatic heterocycles. The summed E-state index contributed by atoms with van der Waals surface area (Å²) in [5, 5.41) is 16.1. The van der Waals surface area contributed by atoms with Gasteiger partial charge in [-0.2, -0.15) is 4.98 Å². The van der Waals surface area contributed by atoms with Crippen molar-refractivity contribution in [1.29, 1.82) is 0 Å². The number of benzene rings is 3. The highest BCUT2D eigenvalue weighted by Crippen LogP contribution is 2.32. The maximum atomic E-state index is 5.43. The minimum atomic E-state index is 0.529. The average molecular weight is 411 g/mol. The highest BCUT2D eigenvalue weighted by molar-refractivity contribution is 7.98. The maximum Gasteiger partial charge on any atom is 0.257 e. The Kier molecular flexibility index (Phi) is 4.99. The molecule has 5 rings (SSSR count). The van der Waals surface area contributed by atoms with Crippen molar-refractivity contribution >= 4 is 22.5 Å². The summed E-state index contributed by atoms with van der Waals surface area (Å²) in [5.41, 5.74) is 4.05. The molecule has 0 N–H and O–H groups in total. The van der Waals surface area contributed by atoms with E-state index in [-0.39, 0.29) is 0 Å². The molecule has 0 bridgehead atoms. The Balaban J connectivity index is 1.41. The fraction of sp³-hybridized carbons (Fsp3) is 0.0833. The quantitative estimate of drug-likeness (QED) is 0.334. The summed E-state index contributed by atoms with van der Waals surface area (Å²) in [6, 6.07) is 26.4. The van der Waals surface area contributed by atoms with E-state index in [9.17, 15) is 0 Å². The monoisotopic (exact) mass is 410 g/mol. The van der Waals surface area contributed by atoms with E-state index in [1.807, 2.05) is 61.5 Å². The van der Waals surface area contributed by atoms with Gasteiger partial charge in [-0.25, -0.2) is 0 Å². The number of nitrogens with zero attached hydrogens (tertiary/aromatic N) is 4. The summed E-state index contributed by atoms with van der Waals surface area (Å²) in [4.78, 5) is 4.52. The second kappa shape index (κ2) is 8.08. The van der Waals surface area contributed by atoms with Gasteiger partial charge in [0, 0.05) is 21.9 Å². The third-order valence-electron chi connectivity index (χ3n) is 4.81. The van der Waals surface area contributed by atoms with Crippen LogP contribution in [-0.4, -0.2) is 20.3 Å². The number of aromatic nitrogens is 4. The van der Waals surface area contributed by atoms with Crippen molar-refractivity contribution in [2.45, 2.75) is 17.7 Å². The van der Waals surface area contributed by atoms with Crippen LogP contribution >= 0.6 is 11.8 Å². The third kappa shape index (κ3) is 3.69. The van der Waals surface area contributed by atoms with E-state index < -0.39 is 0 Å². The Hall–Kier alpha value is -3.51. The number of aryl methyl sites for hydroxylation is 1. The van der Waals surface area contributed by atoms with Crippen LogP contribution in [0.15, 0.2) is 88.4 Å². The standard InChI is InChI=1S/C24H18N4OS/c1-16-11-13-18(14-12-16)23-25-21(28-29-23)15-30-24-20-10-6-5-9-19(20)22(26-27-24)17-7-3-2-4-8-17/h2-14H,15H2,1H3. The Labute approximate surface area is 178 Å². The fourth-order valence-electron chi connectivity index (χ4n) is 3.25. The zero-order valence-corrected chi connectivity index (χ0v) is 17.1. The molecule has 0 aliphatic rings. The highest BCUT2D eigenvalue weighted by Gasteiger charge is 2.13. The normalized spacial score (nSPS) is 11.1. The summed E-state index contributed by atoms with van der Waals surface area (Å²) >= 11 is 1.56. The highest BCUT2D eigenvalue weighted by atomic mass is 32.2. The van der Waals surface area contributed by atoms with Gasteiger partial charge in [-0.15, -0.1) is 10.2 Å². The SMILES string of the molecule is Cc1ccc(-c2nc(CSc3nnc(-c4ccccc4)c4ccccc34)no2)cc1. The largest absolute Gasteiger partial charge is 0.334 e. The van der Waals surface area contributed by atoms with Gasteiger partial charge in [0.15, 0.2) is 5.82 Å². The van der Waals surface area contributed by atoms with Crippen LogP contribution in [0.25, 0.3) is 33.5 Å². The van der Waals surface area contributed by atoms with Crippen molar-refractivity contribution in [3.05, 3.63) is 90.3 Å². The lowest BCUT2D eigenvalue weighted by atomic mass is 10.1. The first-order chi connectivity index (χ1) is 14.8. The van der Waals surface area contributed by atoms with Gasteiger partial charge in [0.1, 0.15) is 10.7 Å². The van der Waals surface area contributed by atoms with E-state index in [0.717, 1.165) is 32.6 Å². The van der Waals surface area contributed by atoms with Crippen molar-refractivity contribution in [3.8, 4) is 22.7 Å². The number of rotatable bonds is 5. The molecule has 0 spiro atoms. The van der Waals surface area contributed by atoms with Crippen LogP contribution in [0.3, 0.4) is 0 Å². The minimum Gasteiger partial charge on any atom is -0.334 e. The molecule has 0 aliphatic carbocycles. The molecule has 3 aromatic carbocycles. The second-order valence-electron chi connectivity index (χ2n) is 6.94. The summed E-state index contributed by atoms with van der Waals surface area (Å²) in [6.07, 6.45) is 0. The van der Waals surface area contributed by atoms with Gasteiger partial charge < -0.3 is 4.52 Å². The van der Waals surface area contributed by atoms with Crippen LogP contribution in [-0.2, 0) is 5.75 Å². The van der Waals surface area contributed by atoms with Crippen molar-refractivity contribution in [3.63, 3.8) is 0 Å². The summed E-state index contributed by atoms with van der Waals surface area (Å²) in [5.74, 6) is 1.72. The van der Waals surface area contributed by atoms with E-state index in [4.69, 9.17) is 4.52 Å². The van der Waals surface area contributed by atoms with Gasteiger partial charge in [-0.05, 0) is 19.1 Å². The Morgan fingerprint density at radius 2 is 1.50 bits per heavy atom. The smallest absolute Gasteiger partial charge is 0.257 e. The fourth-order valence-corrected chi connectivity index (χ4v) is 4.07. The molecule has 6 heteroatoms. The maximum absolute atomic E-state index is 5.43. The van der Waals surface area contributed by atoms with E-state index in [2.05, 4.69) is 44.6 Å². The summed E-state index contributed by atoms with van der Waals surface area (Å²) in [6.45, 7) is 2.05. The molecular formula is C24H18N4OS. The van der Waals surface area contributed by atoms with E-state index in [1.165, 1.54) is 5.56 Å². The van der Waals surface area contributed by atoms with Crippen LogP contribution in [0.2, 0.25) is 0 Å². The molecule has 0 atom stereocenters. The van der Waals surface area contributed by atoms with Crippen molar-refractivity contribution in [1.82, 2.24) is 20.3 Å². The molecule has 2 aromatic heterocycles. The van der Waals surface area contributed by atoms with Crippen LogP contribution in [0.4, 0.5) is 0 Å². The number of hydrogen-bond donors (Lipinski definition) is 0. The minimum absolute atomic E-state index is 0.529. The Morgan fingerprint density at radius 1 is 0.767 bits per heavy atom. The van der Waals surface area contributed by atoms with Crippen molar-refractivity contribution < 1.29 is 4.52 Å². The molecule has 0 fully saturated rings. The first-order valence-corrected chi connectivity index (χ1v) is 10.6. The van der Waals surface area contributed by atoms with Crippen molar-refractivity contribution in [2.24, 2.45) is 0 Å². The van der Waals surface area contributed by atoms with Crippen LogP contribution in [0.1, 0.15) is 11.4 Å². The molecule has 5 nitrogen and oxygen atoms in total. The van der Waals surface area contributed by atoms with Crippen LogP contribution in [0.5, 0.6) is 0 Å². The number of thioether (sulfide) groups is 1. The van der Waals surface area contributed by atoms with Crippen molar-refractivity contribution in [2.75, 3.05) is 0 Å². The topological polar surface area (TPSA) is 64.7 Å². The van der Waals surface area contributed by atoms with Gasteiger partial charge in [0.25, 0.3) is 5.89 Å². The lowest BCUT2D eigenvalue weighted by molar-refractivity contribution is 0.425. The number of fused-ring (bicyclic) bond motifs is 1. The van der Waals surface area contributed by atoms with Crippen LogP contribution < -0.4 is 0 Å². The van der Waals surface area contributed by atoms with E-state index in [1.54, 1.807) is 11.8 Å². The first kappa shape index (κ1) is 18.5. The summed E-state index contributed by atoms with van der Waals surface area (Å²) < 4.78 is 5.43. The molecule has 0 saturated carbocycles. The lowest BCUT2D eigenvalue weighted by Gasteiger charge is -2.08. The molecule has 0 radical (unpaired) electrons. The van der Waals surface area contributed by atoms with Gasteiger partial charge >= 0.3 is 0 Å². The zero-order chi connectivity index (χ0) is 20.3. The molecular weight excluding hydrogens is 392 g/mol. The third-order valence-corrected chi connectivity index (χ3v) is 5.78. The Morgan fingerprint density at radius 3 is 2.30 bits per heavy atom. The zero-order valence-electron chi connectivity index (χ0n) is 16.3. The molecule has 0 saturated heterocycles. The van der Waals surface area contributed by atoms with E-state index in [0.29, 0.717) is 17.5 Å². The summed E-state index contributed by atoms with van der Waals surface area (Å²) in [7, 11) is 0. The predicted octanol–water partition coefficient (Wildman–Crippen LogP) is 5.95. The lowest BCUT2D eigenvalue weighted by Crippen LogP contribution is -1.94. The molecule has 0 unspecified atom stereocenters. The molecule has 0 amide bonds. The number of hydrogen-bond acceptors (Lipinski definition) is 6. The van der Waals surface area contributed by atoms with E-state index >= 15 is 0 Å². The molecule has 30 heavy (non-hydrogen) atoms. The Bertz CT molecular complexity index is 1300.